The van der Waals surface area contributed by atoms with Gasteiger partial charge in [-0.15, -0.1) is 0 Å². The minimum Gasteiger partial charge on any atom is -0.312 e. The molecular weight excluding hydrogens is 811 g/mol. The van der Waals surface area contributed by atoms with Crippen molar-refractivity contribution in [3.63, 3.8) is 0 Å². The van der Waals surface area contributed by atoms with Crippen LogP contribution in [-0.2, 0) is 31.5 Å². The summed E-state index contributed by atoms with van der Waals surface area (Å²) in [5, 5.41) is 0. The Labute approximate surface area is 353 Å². The highest BCUT2D eigenvalue weighted by atomic mass is 19.4. The van der Waals surface area contributed by atoms with E-state index < -0.39 is 69.4 Å². The van der Waals surface area contributed by atoms with Gasteiger partial charge in [0.05, 0.1) is 33.9 Å². The fourth-order valence-corrected chi connectivity index (χ4v) is 9.69. The molecule has 0 atom stereocenters. The van der Waals surface area contributed by atoms with Crippen molar-refractivity contribution < 1.29 is 45.5 Å². The van der Waals surface area contributed by atoms with Crippen molar-refractivity contribution in [2.75, 3.05) is 45.8 Å². The molecule has 318 valence electrons. The number of para-hydroxylation sites is 4. The number of benzene rings is 5. The standard InChI is InChI=1S/C48H40F6N4O4/c49-47(50,51)45-41(29-13-1-5-17-33(29)55-25-9-21-37(55)59)42(30-14-2-6-18-34(30)56-26-10-22-38(56)60)46(48(52,53)54)44(32-16-4-8-20-36(32)58-28-12-24-40(58)62)43(45)31-15-3-7-19-35(31)57-27-11-23-39(57)61/h1-8,13-20H,9-12,21-28H2. The van der Waals surface area contributed by atoms with Gasteiger partial charge in [0, 0.05) is 96.4 Å². The first-order chi connectivity index (χ1) is 29.8. The van der Waals surface area contributed by atoms with Gasteiger partial charge in [0.25, 0.3) is 0 Å². The molecule has 4 saturated heterocycles. The Balaban J connectivity index is 1.57. The van der Waals surface area contributed by atoms with E-state index in [1.165, 1.54) is 117 Å². The van der Waals surface area contributed by atoms with E-state index in [0.717, 1.165) is 0 Å². The van der Waals surface area contributed by atoms with Crippen molar-refractivity contribution in [1.82, 2.24) is 0 Å². The number of hydrogen-bond acceptors (Lipinski definition) is 4. The second kappa shape index (κ2) is 15.8. The van der Waals surface area contributed by atoms with E-state index in [1.54, 1.807) is 0 Å². The molecule has 0 spiro atoms. The molecule has 0 radical (unpaired) electrons. The first-order valence-electron chi connectivity index (χ1n) is 20.7. The van der Waals surface area contributed by atoms with Crippen LogP contribution in [0.4, 0.5) is 49.1 Å². The van der Waals surface area contributed by atoms with Crippen LogP contribution in [-0.4, -0.2) is 49.8 Å². The van der Waals surface area contributed by atoms with Crippen LogP contribution in [0.2, 0.25) is 0 Å². The average molecular weight is 851 g/mol. The number of amides is 4. The van der Waals surface area contributed by atoms with Gasteiger partial charge in [-0.1, -0.05) is 72.8 Å². The maximum absolute atomic E-state index is 17.0. The van der Waals surface area contributed by atoms with E-state index in [2.05, 4.69) is 0 Å². The number of rotatable bonds is 8. The zero-order chi connectivity index (χ0) is 43.5. The Kier molecular flexibility index (Phi) is 10.4. The Bertz CT molecular complexity index is 2310. The molecule has 9 rings (SSSR count). The number of anilines is 4. The van der Waals surface area contributed by atoms with E-state index in [1.807, 2.05) is 0 Å². The molecule has 0 saturated carbocycles. The number of halogens is 6. The van der Waals surface area contributed by atoms with Crippen LogP contribution < -0.4 is 19.6 Å². The maximum atomic E-state index is 17.0. The molecule has 14 heteroatoms. The summed E-state index contributed by atoms with van der Waals surface area (Å²) in [7, 11) is 0. The van der Waals surface area contributed by atoms with Crippen LogP contribution >= 0.6 is 0 Å². The zero-order valence-electron chi connectivity index (χ0n) is 33.4. The van der Waals surface area contributed by atoms with Gasteiger partial charge >= 0.3 is 12.4 Å². The minimum absolute atomic E-state index is 0.00521. The quantitative estimate of drug-likeness (QED) is 0.146. The molecule has 0 aliphatic carbocycles. The number of alkyl halides is 6. The van der Waals surface area contributed by atoms with Crippen molar-refractivity contribution in [3.05, 3.63) is 108 Å². The molecular formula is C48H40F6N4O4. The molecule has 5 aromatic rings. The van der Waals surface area contributed by atoms with Crippen LogP contribution in [0.3, 0.4) is 0 Å². The van der Waals surface area contributed by atoms with Crippen LogP contribution in [0.5, 0.6) is 0 Å². The molecule has 4 fully saturated rings. The van der Waals surface area contributed by atoms with Crippen molar-refractivity contribution in [2.45, 2.75) is 63.7 Å². The monoisotopic (exact) mass is 850 g/mol. The highest BCUT2D eigenvalue weighted by Gasteiger charge is 2.49. The summed E-state index contributed by atoms with van der Waals surface area (Å²) >= 11 is 0. The lowest BCUT2D eigenvalue weighted by Crippen LogP contribution is -2.27. The smallest absolute Gasteiger partial charge is 0.312 e. The van der Waals surface area contributed by atoms with E-state index in [9.17, 15) is 19.2 Å². The van der Waals surface area contributed by atoms with Gasteiger partial charge in [-0.05, 0) is 49.9 Å². The Morgan fingerprint density at radius 2 is 0.548 bits per heavy atom. The summed E-state index contributed by atoms with van der Waals surface area (Å²) in [5.41, 5.74) is -7.33. The van der Waals surface area contributed by atoms with Gasteiger partial charge in [-0.2, -0.15) is 26.3 Å². The molecule has 5 aromatic carbocycles. The second-order valence-electron chi connectivity index (χ2n) is 15.9. The molecule has 62 heavy (non-hydrogen) atoms. The molecule has 8 nitrogen and oxygen atoms in total. The van der Waals surface area contributed by atoms with Gasteiger partial charge in [-0.25, -0.2) is 0 Å². The van der Waals surface area contributed by atoms with E-state index in [0.29, 0.717) is 25.7 Å². The molecule has 4 heterocycles. The molecule has 0 aromatic heterocycles. The summed E-state index contributed by atoms with van der Waals surface area (Å²) in [5.74, 6) is -1.59. The number of nitrogens with zero attached hydrogens (tertiary/aromatic N) is 4. The van der Waals surface area contributed by atoms with Gasteiger partial charge in [-0.3, -0.25) is 19.2 Å². The fraction of sp³-hybridized carbons (Fsp3) is 0.292. The van der Waals surface area contributed by atoms with E-state index >= 15 is 26.3 Å². The molecule has 4 aliphatic heterocycles. The van der Waals surface area contributed by atoms with Crippen molar-refractivity contribution in [2.24, 2.45) is 0 Å². The topological polar surface area (TPSA) is 81.2 Å². The predicted octanol–water partition coefficient (Wildman–Crippen LogP) is 10.9. The third kappa shape index (κ3) is 6.98. The van der Waals surface area contributed by atoms with Gasteiger partial charge in [0.15, 0.2) is 0 Å². The molecule has 0 N–H and O–H groups in total. The van der Waals surface area contributed by atoms with Gasteiger partial charge < -0.3 is 19.6 Å². The van der Waals surface area contributed by atoms with E-state index in [-0.39, 0.29) is 96.9 Å². The first-order valence-corrected chi connectivity index (χ1v) is 20.7. The number of carbonyl (C=O) groups excluding carboxylic acids is 4. The summed E-state index contributed by atoms with van der Waals surface area (Å²) in [6, 6.07) is 22.7. The van der Waals surface area contributed by atoms with Crippen LogP contribution in [0.25, 0.3) is 44.5 Å². The summed E-state index contributed by atoms with van der Waals surface area (Å²) in [6.07, 6.45) is -8.91. The van der Waals surface area contributed by atoms with E-state index in [4.69, 9.17) is 0 Å². The van der Waals surface area contributed by atoms with Crippen LogP contribution in [0.15, 0.2) is 97.1 Å². The van der Waals surface area contributed by atoms with Crippen molar-refractivity contribution in [3.8, 4) is 44.5 Å². The van der Waals surface area contributed by atoms with Gasteiger partial charge in [0.2, 0.25) is 23.6 Å². The van der Waals surface area contributed by atoms with Crippen LogP contribution in [0, 0.1) is 0 Å². The Morgan fingerprint density at radius 1 is 0.339 bits per heavy atom. The van der Waals surface area contributed by atoms with Crippen molar-refractivity contribution >= 4 is 46.4 Å². The molecule has 4 aliphatic rings. The zero-order valence-corrected chi connectivity index (χ0v) is 33.4. The number of carbonyl (C=O) groups is 4. The fourth-order valence-electron chi connectivity index (χ4n) is 9.69. The highest BCUT2D eigenvalue weighted by molar-refractivity contribution is 6.13. The maximum Gasteiger partial charge on any atom is 0.417 e. The lowest BCUT2D eigenvalue weighted by Gasteiger charge is -2.34. The lowest BCUT2D eigenvalue weighted by molar-refractivity contribution is -0.139. The largest absolute Gasteiger partial charge is 0.417 e. The predicted molar refractivity (Wildman–Crippen MR) is 225 cm³/mol. The van der Waals surface area contributed by atoms with Gasteiger partial charge in [0.1, 0.15) is 0 Å². The normalized spacial score (nSPS) is 17.4. The average Bonchev–Trinajstić information content (AvgIpc) is 4.08. The van der Waals surface area contributed by atoms with Crippen molar-refractivity contribution in [1.29, 1.82) is 0 Å². The Hall–Kier alpha value is -6.44. The first kappa shape index (κ1) is 40.9. The molecule has 4 amide bonds. The third-order valence-corrected chi connectivity index (χ3v) is 12.2. The molecule has 0 bridgehead atoms. The Morgan fingerprint density at radius 3 is 0.726 bits per heavy atom. The third-order valence-electron chi connectivity index (χ3n) is 12.2. The summed E-state index contributed by atoms with van der Waals surface area (Å²) in [6.45, 7) is 0.498. The minimum atomic E-state index is -5.40. The number of hydrogen-bond donors (Lipinski definition) is 0. The van der Waals surface area contributed by atoms with Crippen LogP contribution in [0.1, 0.15) is 62.5 Å². The SMILES string of the molecule is O=C1CCCN1c1ccccc1-c1c(-c2ccccc2N2CCCC2=O)c(C(F)(F)F)c(-c2ccccc2N2CCCC2=O)c(-c2ccccc2N2CCCC2=O)c1C(F)(F)F. The second-order valence-corrected chi connectivity index (χ2v) is 15.9. The summed E-state index contributed by atoms with van der Waals surface area (Å²) in [4.78, 5) is 59.0. The summed E-state index contributed by atoms with van der Waals surface area (Å²) < 4.78 is 102. The lowest BCUT2D eigenvalue weighted by atomic mass is 9.75. The molecule has 0 unspecified atom stereocenters. The highest BCUT2D eigenvalue weighted by Crippen LogP contribution is 2.61.